The van der Waals surface area contributed by atoms with Crippen LogP contribution in [0.4, 0.5) is 0 Å². The van der Waals surface area contributed by atoms with Crippen LogP contribution in [0, 0.1) is 0 Å². The molecule has 3 aromatic carbocycles. The second kappa shape index (κ2) is 9.14. The Kier molecular flexibility index (Phi) is 6.84. The van der Waals surface area contributed by atoms with E-state index in [4.69, 9.17) is 0 Å². The van der Waals surface area contributed by atoms with E-state index in [-0.39, 0.29) is 0 Å². The van der Waals surface area contributed by atoms with E-state index in [9.17, 15) is 0 Å². The third-order valence-corrected chi connectivity index (χ3v) is 10.6. The van der Waals surface area contributed by atoms with Crippen LogP contribution in [-0.2, 0) is 0 Å². The van der Waals surface area contributed by atoms with Gasteiger partial charge in [0.15, 0.2) is 0 Å². The van der Waals surface area contributed by atoms with Gasteiger partial charge in [-0.25, -0.2) is 0 Å². The van der Waals surface area contributed by atoms with Crippen LogP contribution in [0.2, 0.25) is 0 Å². The summed E-state index contributed by atoms with van der Waals surface area (Å²) >= 11 is -1.55. The van der Waals surface area contributed by atoms with Crippen molar-refractivity contribution >= 4 is 27.7 Å². The van der Waals surface area contributed by atoms with Gasteiger partial charge in [-0.15, -0.1) is 0 Å². The Hall–Kier alpha value is -1.78. The van der Waals surface area contributed by atoms with E-state index in [1.165, 1.54) is 29.7 Å². The molecule has 0 spiro atoms. The predicted octanol–water partition coefficient (Wildman–Crippen LogP) is 5.57. The van der Waals surface area contributed by atoms with Gasteiger partial charge in [0.05, 0.1) is 0 Å². The Labute approximate surface area is 176 Å². The molecule has 0 radical (unpaired) electrons. The molecule has 0 aliphatic rings. The molecule has 0 saturated carbocycles. The van der Waals surface area contributed by atoms with Gasteiger partial charge in [0.25, 0.3) is 0 Å². The van der Waals surface area contributed by atoms with E-state index >= 15 is 0 Å². The second-order valence-electron chi connectivity index (χ2n) is 8.57. The zero-order valence-corrected chi connectivity index (χ0v) is 20.0. The molecular formula is C27H33As. The average Bonchev–Trinajstić information content (AvgIpc) is 2.69. The number of benzene rings is 3. The summed E-state index contributed by atoms with van der Waals surface area (Å²) in [6.07, 6.45) is 0. The number of hydrogen-bond acceptors (Lipinski definition) is 0. The van der Waals surface area contributed by atoms with Gasteiger partial charge in [-0.2, -0.15) is 0 Å². The fraction of sp³-hybridized carbons (Fsp3) is 0.333. The fourth-order valence-corrected chi connectivity index (χ4v) is 8.16. The first-order valence-electron chi connectivity index (χ1n) is 10.5. The van der Waals surface area contributed by atoms with Crippen molar-refractivity contribution in [3.05, 3.63) is 89.5 Å². The molecule has 0 unspecified atom stereocenters. The van der Waals surface area contributed by atoms with Crippen molar-refractivity contribution in [1.29, 1.82) is 0 Å². The Morgan fingerprint density at radius 3 is 0.786 bits per heavy atom. The first-order chi connectivity index (χ1) is 13.4. The van der Waals surface area contributed by atoms with Crippen LogP contribution in [-0.4, -0.2) is 14.7 Å². The van der Waals surface area contributed by atoms with Crippen molar-refractivity contribution < 1.29 is 0 Å². The van der Waals surface area contributed by atoms with Crippen LogP contribution in [0.5, 0.6) is 0 Å². The van der Waals surface area contributed by atoms with Crippen molar-refractivity contribution in [2.45, 2.75) is 59.3 Å². The van der Waals surface area contributed by atoms with Crippen LogP contribution in [0.15, 0.2) is 72.8 Å². The molecule has 146 valence electrons. The van der Waals surface area contributed by atoms with Gasteiger partial charge in [-0.3, -0.25) is 0 Å². The van der Waals surface area contributed by atoms with Crippen LogP contribution in [0.25, 0.3) is 0 Å². The van der Waals surface area contributed by atoms with Gasteiger partial charge in [0, 0.05) is 0 Å². The van der Waals surface area contributed by atoms with Crippen LogP contribution in [0.3, 0.4) is 0 Å². The van der Waals surface area contributed by atoms with Crippen LogP contribution in [0.1, 0.15) is 76.0 Å². The third kappa shape index (κ3) is 4.79. The van der Waals surface area contributed by atoms with Gasteiger partial charge >= 0.3 is 176 Å². The molecule has 0 heterocycles. The van der Waals surface area contributed by atoms with E-state index in [1.807, 2.05) is 0 Å². The standard InChI is InChI=1S/C27H33As/c1-19(2)22-7-13-25(14-8-22)28(26-15-9-23(10-16-26)20(3)4)27-17-11-24(12-18-27)21(5)6/h7-21H,1-6H3. The van der Waals surface area contributed by atoms with E-state index in [0.717, 1.165) is 0 Å². The zero-order chi connectivity index (χ0) is 20.3. The van der Waals surface area contributed by atoms with Gasteiger partial charge in [-0.05, 0) is 0 Å². The number of rotatable bonds is 6. The molecule has 0 amide bonds. The summed E-state index contributed by atoms with van der Waals surface area (Å²) < 4.78 is 4.52. The first kappa shape index (κ1) is 20.9. The van der Waals surface area contributed by atoms with Crippen molar-refractivity contribution in [2.75, 3.05) is 0 Å². The summed E-state index contributed by atoms with van der Waals surface area (Å²) in [6, 6.07) is 28.2. The van der Waals surface area contributed by atoms with Crippen molar-refractivity contribution in [3.8, 4) is 0 Å². The predicted molar refractivity (Wildman–Crippen MR) is 126 cm³/mol. The molecule has 0 saturated heterocycles. The molecule has 3 aromatic rings. The number of hydrogen-bond donors (Lipinski definition) is 0. The van der Waals surface area contributed by atoms with Crippen LogP contribution >= 0.6 is 0 Å². The molecule has 0 nitrogen and oxygen atoms in total. The van der Waals surface area contributed by atoms with Gasteiger partial charge in [0.1, 0.15) is 0 Å². The summed E-state index contributed by atoms with van der Waals surface area (Å²) in [5.41, 5.74) is 4.26. The summed E-state index contributed by atoms with van der Waals surface area (Å²) in [4.78, 5) is 0. The molecule has 0 fully saturated rings. The summed E-state index contributed by atoms with van der Waals surface area (Å²) in [6.45, 7) is 13.6. The molecular weight excluding hydrogens is 399 g/mol. The first-order valence-corrected chi connectivity index (χ1v) is 13.3. The van der Waals surface area contributed by atoms with Gasteiger partial charge in [0.2, 0.25) is 0 Å². The van der Waals surface area contributed by atoms with E-state index < -0.39 is 14.7 Å². The topological polar surface area (TPSA) is 0 Å². The molecule has 0 bridgehead atoms. The SMILES string of the molecule is CC(C)c1ccc([As](c2ccc(C(C)C)cc2)c2ccc(C(C)C)cc2)cc1. The quantitative estimate of drug-likeness (QED) is 0.447. The molecule has 0 atom stereocenters. The molecule has 0 aliphatic heterocycles. The molecule has 0 aromatic heterocycles. The fourth-order valence-electron chi connectivity index (χ4n) is 3.47. The van der Waals surface area contributed by atoms with E-state index in [1.54, 1.807) is 0 Å². The minimum absolute atomic E-state index is 0.575. The maximum absolute atomic E-state index is 2.38. The van der Waals surface area contributed by atoms with Crippen molar-refractivity contribution in [1.82, 2.24) is 0 Å². The molecule has 0 N–H and O–H groups in total. The molecule has 1 heteroatoms. The van der Waals surface area contributed by atoms with Crippen molar-refractivity contribution in [2.24, 2.45) is 0 Å². The van der Waals surface area contributed by atoms with Gasteiger partial charge < -0.3 is 0 Å². The molecule has 0 aliphatic carbocycles. The van der Waals surface area contributed by atoms with Crippen LogP contribution < -0.4 is 13.1 Å². The van der Waals surface area contributed by atoms with Crippen molar-refractivity contribution in [3.63, 3.8) is 0 Å². The average molecular weight is 432 g/mol. The Balaban J connectivity index is 2.04. The summed E-state index contributed by atoms with van der Waals surface area (Å²) in [5, 5.41) is 0. The molecule has 28 heavy (non-hydrogen) atoms. The third-order valence-electron chi connectivity index (χ3n) is 5.45. The van der Waals surface area contributed by atoms with E-state index in [0.29, 0.717) is 17.8 Å². The maximum atomic E-state index is 2.38. The van der Waals surface area contributed by atoms with Gasteiger partial charge in [-0.1, -0.05) is 0 Å². The normalized spacial score (nSPS) is 11.8. The summed E-state index contributed by atoms with van der Waals surface area (Å²) in [7, 11) is 0. The summed E-state index contributed by atoms with van der Waals surface area (Å²) in [5.74, 6) is 1.72. The second-order valence-corrected chi connectivity index (χ2v) is 13.2. The minimum atomic E-state index is -1.55. The Morgan fingerprint density at radius 2 is 0.607 bits per heavy atom. The molecule has 3 rings (SSSR count). The Bertz CT molecular complexity index is 747. The zero-order valence-electron chi connectivity index (χ0n) is 18.1. The van der Waals surface area contributed by atoms with E-state index in [2.05, 4.69) is 114 Å². The monoisotopic (exact) mass is 432 g/mol. The Morgan fingerprint density at radius 1 is 0.393 bits per heavy atom.